The monoisotopic (exact) mass is 422 g/mol. The summed E-state index contributed by atoms with van der Waals surface area (Å²) in [6.45, 7) is 1.24. The highest BCUT2D eigenvalue weighted by Gasteiger charge is 2.29. The molecule has 31 heavy (non-hydrogen) atoms. The number of carbonyl (C=O) groups excluding carboxylic acids is 2. The molecule has 2 amide bonds. The normalized spacial score (nSPS) is 14.5. The van der Waals surface area contributed by atoms with Gasteiger partial charge in [0.15, 0.2) is 5.69 Å². The van der Waals surface area contributed by atoms with Crippen molar-refractivity contribution in [3.63, 3.8) is 0 Å². The second-order valence-corrected chi connectivity index (χ2v) is 7.70. The Morgan fingerprint density at radius 1 is 1.19 bits per heavy atom. The Bertz CT molecular complexity index is 1070. The number of anilines is 1. The van der Waals surface area contributed by atoms with Crippen LogP contribution in [0.25, 0.3) is 0 Å². The van der Waals surface area contributed by atoms with Crippen LogP contribution >= 0.6 is 0 Å². The van der Waals surface area contributed by atoms with E-state index in [1.54, 1.807) is 29.9 Å². The fourth-order valence-corrected chi connectivity index (χ4v) is 3.93. The number of methoxy groups -OCH3 is 1. The Kier molecular flexibility index (Phi) is 5.75. The first-order valence-corrected chi connectivity index (χ1v) is 10.2. The lowest BCUT2D eigenvalue weighted by molar-refractivity contribution is 0.0708. The van der Waals surface area contributed by atoms with E-state index in [2.05, 4.69) is 15.3 Å². The summed E-state index contributed by atoms with van der Waals surface area (Å²) >= 11 is 0. The molecule has 0 spiro atoms. The van der Waals surface area contributed by atoms with E-state index < -0.39 is 0 Å². The minimum atomic E-state index is -0.162. The lowest BCUT2D eigenvalue weighted by Gasteiger charge is -2.31. The number of hydrogen-bond donors (Lipinski definition) is 1. The van der Waals surface area contributed by atoms with Gasteiger partial charge in [-0.15, -0.1) is 5.10 Å². The number of nitrogens with one attached hydrogen (secondary N) is 1. The molecule has 1 fully saturated rings. The first-order chi connectivity index (χ1) is 15.0. The molecule has 162 valence electrons. The molecule has 0 aliphatic carbocycles. The van der Waals surface area contributed by atoms with Gasteiger partial charge in [0, 0.05) is 50.7 Å². The van der Waals surface area contributed by atoms with Crippen molar-refractivity contribution in [1.82, 2.24) is 24.9 Å². The molecule has 3 heterocycles. The molecular weight excluding hydrogens is 396 g/mol. The van der Waals surface area contributed by atoms with Crippen molar-refractivity contribution in [3.05, 3.63) is 59.5 Å². The quantitative estimate of drug-likeness (QED) is 0.681. The van der Waals surface area contributed by atoms with Crippen LogP contribution in [-0.4, -0.2) is 63.9 Å². The first-order valence-electron chi connectivity index (χ1n) is 10.2. The second kappa shape index (κ2) is 8.63. The Hall–Kier alpha value is -3.62. The summed E-state index contributed by atoms with van der Waals surface area (Å²) in [6, 6.07) is 11.3. The summed E-state index contributed by atoms with van der Waals surface area (Å²) in [5, 5.41) is 11.4. The number of amides is 2. The average molecular weight is 422 g/mol. The maximum atomic E-state index is 12.9. The molecule has 9 heteroatoms. The van der Waals surface area contributed by atoms with Crippen molar-refractivity contribution in [2.75, 3.05) is 32.1 Å². The van der Waals surface area contributed by atoms with Crippen LogP contribution in [0.4, 0.5) is 5.69 Å². The number of aromatic amines is 1. The predicted molar refractivity (Wildman–Crippen MR) is 115 cm³/mol. The SMILES string of the molecule is COc1nn(C)cc1C(=O)N1CCC(c2cc(C(=O)N(C)c3ccccc3)n[nH]2)CC1. The fourth-order valence-electron chi connectivity index (χ4n) is 3.93. The standard InChI is InChI=1S/C22H26N6O3/c1-26-14-17(20(25-26)31-3)21(29)28-11-9-15(10-12-28)18-13-19(24-23-18)22(30)27(2)16-7-5-4-6-8-16/h4-8,13-15H,9-12H2,1-3H3,(H,23,24). The van der Waals surface area contributed by atoms with Gasteiger partial charge in [-0.2, -0.15) is 5.10 Å². The van der Waals surface area contributed by atoms with Crippen LogP contribution in [0.15, 0.2) is 42.6 Å². The molecule has 1 aliphatic heterocycles. The van der Waals surface area contributed by atoms with E-state index in [1.165, 1.54) is 7.11 Å². The minimum Gasteiger partial charge on any atom is -0.479 e. The number of piperidine rings is 1. The van der Waals surface area contributed by atoms with Crippen LogP contribution in [0.3, 0.4) is 0 Å². The van der Waals surface area contributed by atoms with Gasteiger partial charge in [-0.3, -0.25) is 19.4 Å². The number of ether oxygens (including phenoxy) is 1. The topological polar surface area (TPSA) is 96.3 Å². The highest BCUT2D eigenvalue weighted by molar-refractivity contribution is 6.04. The molecule has 0 bridgehead atoms. The average Bonchev–Trinajstić information content (AvgIpc) is 3.45. The molecule has 9 nitrogen and oxygen atoms in total. The predicted octanol–water partition coefficient (Wildman–Crippen LogP) is 2.45. The van der Waals surface area contributed by atoms with Gasteiger partial charge in [-0.05, 0) is 31.0 Å². The molecule has 3 aromatic rings. The van der Waals surface area contributed by atoms with Crippen LogP contribution in [-0.2, 0) is 7.05 Å². The molecule has 0 unspecified atom stereocenters. The third kappa shape index (κ3) is 4.16. The van der Waals surface area contributed by atoms with Crippen LogP contribution < -0.4 is 9.64 Å². The van der Waals surface area contributed by atoms with E-state index in [1.807, 2.05) is 41.3 Å². The summed E-state index contributed by atoms with van der Waals surface area (Å²) in [6.07, 6.45) is 3.26. The number of hydrogen-bond acceptors (Lipinski definition) is 5. The third-order valence-corrected chi connectivity index (χ3v) is 5.71. The molecule has 0 saturated carbocycles. The number of likely N-dealkylation sites (tertiary alicyclic amines) is 1. The van der Waals surface area contributed by atoms with Crippen molar-refractivity contribution < 1.29 is 14.3 Å². The second-order valence-electron chi connectivity index (χ2n) is 7.70. The van der Waals surface area contributed by atoms with Gasteiger partial charge >= 0.3 is 0 Å². The van der Waals surface area contributed by atoms with Crippen molar-refractivity contribution in [1.29, 1.82) is 0 Å². The smallest absolute Gasteiger partial charge is 0.278 e. The van der Waals surface area contributed by atoms with Crippen molar-refractivity contribution in [3.8, 4) is 5.88 Å². The zero-order valence-corrected chi connectivity index (χ0v) is 17.9. The highest BCUT2D eigenvalue weighted by Crippen LogP contribution is 2.29. The molecule has 0 atom stereocenters. The number of carbonyl (C=O) groups is 2. The Morgan fingerprint density at radius 3 is 2.58 bits per heavy atom. The van der Waals surface area contributed by atoms with Crippen molar-refractivity contribution in [2.24, 2.45) is 7.05 Å². The van der Waals surface area contributed by atoms with Gasteiger partial charge in [0.2, 0.25) is 5.88 Å². The number of aromatic nitrogens is 4. The maximum Gasteiger partial charge on any atom is 0.278 e. The summed E-state index contributed by atoms with van der Waals surface area (Å²) in [7, 11) is 5.01. The summed E-state index contributed by atoms with van der Waals surface area (Å²) < 4.78 is 6.79. The van der Waals surface area contributed by atoms with Gasteiger partial charge in [0.1, 0.15) is 5.56 Å². The molecular formula is C22H26N6O3. The lowest BCUT2D eigenvalue weighted by atomic mass is 9.93. The molecule has 1 aliphatic rings. The van der Waals surface area contributed by atoms with E-state index in [0.717, 1.165) is 24.2 Å². The zero-order valence-electron chi connectivity index (χ0n) is 17.9. The van der Waals surface area contributed by atoms with Gasteiger partial charge in [0.25, 0.3) is 11.8 Å². The molecule has 1 aromatic carbocycles. The van der Waals surface area contributed by atoms with E-state index in [9.17, 15) is 9.59 Å². The Balaban J connectivity index is 1.39. The minimum absolute atomic E-state index is 0.0756. The fraction of sp³-hybridized carbons (Fsp3) is 0.364. The van der Waals surface area contributed by atoms with Gasteiger partial charge in [-0.1, -0.05) is 18.2 Å². The van der Waals surface area contributed by atoms with Crippen molar-refractivity contribution >= 4 is 17.5 Å². The number of aryl methyl sites for hydroxylation is 1. The van der Waals surface area contributed by atoms with E-state index in [4.69, 9.17) is 4.74 Å². The molecule has 2 aromatic heterocycles. The van der Waals surface area contributed by atoms with Crippen LogP contribution in [0.2, 0.25) is 0 Å². The van der Waals surface area contributed by atoms with Gasteiger partial charge in [0.05, 0.1) is 7.11 Å². The van der Waals surface area contributed by atoms with Crippen molar-refractivity contribution in [2.45, 2.75) is 18.8 Å². The van der Waals surface area contributed by atoms with E-state index in [-0.39, 0.29) is 17.7 Å². The summed E-state index contributed by atoms with van der Waals surface area (Å²) in [4.78, 5) is 29.0. The molecule has 4 rings (SSSR count). The van der Waals surface area contributed by atoms with Crippen LogP contribution in [0.1, 0.15) is 45.3 Å². The maximum absolute atomic E-state index is 12.9. The Labute approximate surface area is 180 Å². The summed E-state index contributed by atoms with van der Waals surface area (Å²) in [5.74, 6) is 0.322. The first kappa shape index (κ1) is 20.6. The molecule has 1 N–H and O–H groups in total. The van der Waals surface area contributed by atoms with E-state index in [0.29, 0.717) is 30.2 Å². The number of para-hydroxylation sites is 1. The number of benzene rings is 1. The Morgan fingerprint density at radius 2 is 1.90 bits per heavy atom. The zero-order chi connectivity index (χ0) is 22.0. The molecule has 1 saturated heterocycles. The third-order valence-electron chi connectivity index (χ3n) is 5.71. The van der Waals surface area contributed by atoms with Crippen LogP contribution in [0, 0.1) is 0 Å². The number of rotatable bonds is 5. The van der Waals surface area contributed by atoms with E-state index >= 15 is 0 Å². The highest BCUT2D eigenvalue weighted by atomic mass is 16.5. The lowest BCUT2D eigenvalue weighted by Crippen LogP contribution is -2.38. The summed E-state index contributed by atoms with van der Waals surface area (Å²) in [5.41, 5.74) is 2.60. The molecule has 0 radical (unpaired) electrons. The van der Waals surface area contributed by atoms with Gasteiger partial charge < -0.3 is 14.5 Å². The number of nitrogens with zero attached hydrogens (tertiary/aromatic N) is 5. The largest absolute Gasteiger partial charge is 0.479 e. The number of H-pyrrole nitrogens is 1. The van der Waals surface area contributed by atoms with Crippen LogP contribution in [0.5, 0.6) is 5.88 Å². The van der Waals surface area contributed by atoms with Gasteiger partial charge in [-0.25, -0.2) is 0 Å².